The molecule has 1 saturated carbocycles. The van der Waals surface area contributed by atoms with E-state index in [0.717, 1.165) is 24.2 Å². The summed E-state index contributed by atoms with van der Waals surface area (Å²) in [5, 5.41) is 11.2. The van der Waals surface area contributed by atoms with Crippen LogP contribution in [-0.4, -0.2) is 45.9 Å². The van der Waals surface area contributed by atoms with Crippen LogP contribution in [0, 0.1) is 10.1 Å². The molecule has 110 valence electrons. The van der Waals surface area contributed by atoms with Crippen molar-refractivity contribution in [3.8, 4) is 0 Å². The summed E-state index contributed by atoms with van der Waals surface area (Å²) < 4.78 is -0.119. The number of hydrogen-bond donors (Lipinski definition) is 0. The lowest BCUT2D eigenvalue weighted by Crippen LogP contribution is -2.62. The lowest BCUT2D eigenvalue weighted by molar-refractivity contribution is -0.810. The van der Waals surface area contributed by atoms with E-state index >= 15 is 0 Å². The Hall–Kier alpha value is -1.76. The molecule has 20 heavy (non-hydrogen) atoms. The Morgan fingerprint density at radius 3 is 2.45 bits per heavy atom. The second kappa shape index (κ2) is 4.97. The zero-order valence-electron chi connectivity index (χ0n) is 12.1. The van der Waals surface area contributed by atoms with Gasteiger partial charge in [0, 0.05) is 26.3 Å². The van der Waals surface area contributed by atoms with Crippen molar-refractivity contribution >= 4 is 11.9 Å². The molecule has 1 atom stereocenters. The third kappa shape index (κ3) is 2.02. The molecule has 3 amide bonds. The summed E-state index contributed by atoms with van der Waals surface area (Å²) in [6, 6.07) is -0.260. The molecule has 0 N–H and O–H groups in total. The van der Waals surface area contributed by atoms with E-state index in [9.17, 15) is 19.7 Å². The number of nitrogens with zero attached hydrogens (tertiary/aromatic N) is 3. The van der Waals surface area contributed by atoms with Crippen LogP contribution in [0.5, 0.6) is 0 Å². The fraction of sp³-hybridized carbons (Fsp3) is 0.692. The minimum atomic E-state index is -0.762. The van der Waals surface area contributed by atoms with Crippen LogP contribution in [0.15, 0.2) is 11.4 Å². The number of quaternary nitrogens is 1. The first kappa shape index (κ1) is 14.6. The topological polar surface area (TPSA) is 80.5 Å². The van der Waals surface area contributed by atoms with Gasteiger partial charge in [0.05, 0.1) is 12.0 Å². The molecule has 0 radical (unpaired) electrons. The van der Waals surface area contributed by atoms with E-state index in [2.05, 4.69) is 0 Å². The SMILES string of the molecule is CCCCN1C(=O)C([N+](=O)[O-])=C(C)[N+](C)(C2CC2)C1=O. The zero-order valence-corrected chi connectivity index (χ0v) is 12.1. The Balaban J connectivity index is 2.49. The highest BCUT2D eigenvalue weighted by atomic mass is 16.6. The van der Waals surface area contributed by atoms with Crippen molar-refractivity contribution in [2.45, 2.75) is 45.6 Å². The Morgan fingerprint density at radius 2 is 2.00 bits per heavy atom. The molecule has 1 heterocycles. The van der Waals surface area contributed by atoms with Crippen LogP contribution in [0.2, 0.25) is 0 Å². The molecule has 0 aromatic rings. The van der Waals surface area contributed by atoms with Crippen LogP contribution in [0.1, 0.15) is 39.5 Å². The van der Waals surface area contributed by atoms with Crippen LogP contribution < -0.4 is 0 Å². The molecule has 0 aromatic heterocycles. The molecular formula is C13H20N3O4+. The van der Waals surface area contributed by atoms with Crippen LogP contribution >= 0.6 is 0 Å². The standard InChI is InChI=1S/C13H20N3O4/c1-4-5-8-14-12(17)11(15(19)20)9(2)16(3,13(14)18)10-6-7-10/h10H,4-8H2,1-3H3/q+1. The van der Waals surface area contributed by atoms with E-state index in [1.807, 2.05) is 6.92 Å². The third-order valence-electron chi connectivity index (χ3n) is 4.31. The number of allylic oxidation sites excluding steroid dienone is 1. The number of rotatable bonds is 5. The lowest BCUT2D eigenvalue weighted by Gasteiger charge is -2.37. The van der Waals surface area contributed by atoms with E-state index in [0.29, 0.717) is 6.42 Å². The van der Waals surface area contributed by atoms with Gasteiger partial charge < -0.3 is 0 Å². The molecule has 1 aliphatic heterocycles. The number of imide groups is 1. The van der Waals surface area contributed by atoms with Crippen molar-refractivity contribution in [3.05, 3.63) is 21.5 Å². The highest BCUT2D eigenvalue weighted by Crippen LogP contribution is 2.41. The molecule has 0 aromatic carbocycles. The molecule has 7 heteroatoms. The summed E-state index contributed by atoms with van der Waals surface area (Å²) in [6.07, 6.45) is 3.20. The molecular weight excluding hydrogens is 262 g/mol. The van der Waals surface area contributed by atoms with E-state index in [-0.39, 0.29) is 28.8 Å². The van der Waals surface area contributed by atoms with E-state index < -0.39 is 16.5 Å². The van der Waals surface area contributed by atoms with Gasteiger partial charge in [0.2, 0.25) is 0 Å². The summed E-state index contributed by atoms with van der Waals surface area (Å²) in [5.74, 6) is -0.762. The van der Waals surface area contributed by atoms with Gasteiger partial charge in [-0.15, -0.1) is 0 Å². The van der Waals surface area contributed by atoms with Gasteiger partial charge in [-0.1, -0.05) is 13.3 Å². The van der Waals surface area contributed by atoms with Crippen LogP contribution in [0.25, 0.3) is 0 Å². The van der Waals surface area contributed by atoms with E-state index in [1.54, 1.807) is 7.05 Å². The zero-order chi connectivity index (χ0) is 15.1. The number of hydrogen-bond acceptors (Lipinski definition) is 4. The second-order valence-corrected chi connectivity index (χ2v) is 5.59. The van der Waals surface area contributed by atoms with Crippen molar-refractivity contribution < 1.29 is 19.0 Å². The van der Waals surface area contributed by atoms with Gasteiger partial charge in [0.15, 0.2) is 5.70 Å². The number of nitro groups is 1. The molecule has 2 rings (SSSR count). The van der Waals surface area contributed by atoms with Gasteiger partial charge in [0.25, 0.3) is 0 Å². The third-order valence-corrected chi connectivity index (χ3v) is 4.31. The largest absolute Gasteiger partial charge is 0.431 e. The minimum Gasteiger partial charge on any atom is -0.261 e. The number of amides is 3. The molecule has 1 aliphatic carbocycles. The Bertz CT molecular complexity index is 510. The number of carbonyl (C=O) groups excluding carboxylic acids is 2. The summed E-state index contributed by atoms with van der Waals surface area (Å²) in [7, 11) is 1.68. The highest BCUT2D eigenvalue weighted by molar-refractivity contribution is 6.03. The van der Waals surface area contributed by atoms with Gasteiger partial charge in [-0.2, -0.15) is 0 Å². The maximum Gasteiger partial charge on any atom is 0.431 e. The van der Waals surface area contributed by atoms with Crippen molar-refractivity contribution in [1.82, 2.24) is 4.90 Å². The summed E-state index contributed by atoms with van der Waals surface area (Å²) in [6.45, 7) is 3.73. The van der Waals surface area contributed by atoms with Crippen LogP contribution in [-0.2, 0) is 4.79 Å². The smallest absolute Gasteiger partial charge is 0.261 e. The van der Waals surface area contributed by atoms with Crippen molar-refractivity contribution in [2.24, 2.45) is 0 Å². The summed E-state index contributed by atoms with van der Waals surface area (Å²) in [4.78, 5) is 36.5. The van der Waals surface area contributed by atoms with Crippen molar-refractivity contribution in [3.63, 3.8) is 0 Å². The van der Waals surface area contributed by atoms with Gasteiger partial charge in [-0.3, -0.25) is 14.9 Å². The lowest BCUT2D eigenvalue weighted by atomic mass is 10.1. The molecule has 0 saturated heterocycles. The molecule has 1 fully saturated rings. The van der Waals surface area contributed by atoms with Crippen molar-refractivity contribution in [1.29, 1.82) is 0 Å². The Labute approximate surface area is 117 Å². The van der Waals surface area contributed by atoms with Crippen LogP contribution in [0.4, 0.5) is 4.79 Å². The van der Waals surface area contributed by atoms with E-state index in [1.165, 1.54) is 6.92 Å². The fourth-order valence-corrected chi connectivity index (χ4v) is 2.73. The normalized spacial score (nSPS) is 27.2. The van der Waals surface area contributed by atoms with Gasteiger partial charge in [-0.25, -0.2) is 14.2 Å². The molecule has 0 spiro atoms. The average Bonchev–Trinajstić information content (AvgIpc) is 3.20. The first-order valence-corrected chi connectivity index (χ1v) is 6.94. The number of unbranched alkanes of at least 4 members (excludes halogenated alkanes) is 1. The molecule has 7 nitrogen and oxygen atoms in total. The molecule has 2 aliphatic rings. The van der Waals surface area contributed by atoms with Gasteiger partial charge in [0.1, 0.15) is 6.04 Å². The van der Waals surface area contributed by atoms with Gasteiger partial charge >= 0.3 is 17.6 Å². The predicted octanol–water partition coefficient (Wildman–Crippen LogP) is 1.87. The maximum atomic E-state index is 12.6. The monoisotopic (exact) mass is 282 g/mol. The molecule has 0 bridgehead atoms. The summed E-state index contributed by atoms with van der Waals surface area (Å²) >= 11 is 0. The van der Waals surface area contributed by atoms with E-state index in [4.69, 9.17) is 0 Å². The first-order chi connectivity index (χ1) is 9.35. The first-order valence-electron chi connectivity index (χ1n) is 6.94. The summed E-state index contributed by atoms with van der Waals surface area (Å²) in [5.41, 5.74) is -0.171. The maximum absolute atomic E-state index is 12.6. The average molecular weight is 282 g/mol. The van der Waals surface area contributed by atoms with Crippen LogP contribution in [0.3, 0.4) is 0 Å². The fourth-order valence-electron chi connectivity index (χ4n) is 2.73. The highest BCUT2D eigenvalue weighted by Gasteiger charge is 2.60. The number of carbonyl (C=O) groups is 2. The predicted molar refractivity (Wildman–Crippen MR) is 70.9 cm³/mol. The Kier molecular flexibility index (Phi) is 3.64. The van der Waals surface area contributed by atoms with Gasteiger partial charge in [-0.05, 0) is 6.42 Å². The van der Waals surface area contributed by atoms with Crippen molar-refractivity contribution in [2.75, 3.05) is 13.6 Å². The molecule has 1 unspecified atom stereocenters. The Morgan fingerprint density at radius 1 is 1.40 bits per heavy atom. The quantitative estimate of drug-likeness (QED) is 0.438. The number of urea groups is 1. The minimum absolute atomic E-state index is 0.0645. The second-order valence-electron chi connectivity index (χ2n) is 5.59.